The Morgan fingerprint density at radius 1 is 1.14 bits per heavy atom. The quantitative estimate of drug-likeness (QED) is 0.675. The van der Waals surface area contributed by atoms with Crippen LogP contribution in [0, 0.1) is 11.2 Å². The van der Waals surface area contributed by atoms with Gasteiger partial charge in [0.2, 0.25) is 5.88 Å². The normalized spacial score (nSPS) is 24.1. The largest absolute Gasteiger partial charge is 0.486 e. The molecule has 0 atom stereocenters. The minimum absolute atomic E-state index is 0.00956. The molecule has 29 heavy (non-hydrogen) atoms. The first-order valence-electron chi connectivity index (χ1n) is 9.32. The molecule has 3 aliphatic carbocycles. The number of carbonyl (C=O) groups is 2. The van der Waals surface area contributed by atoms with Crippen LogP contribution >= 0.6 is 11.6 Å². The standard InChI is InChI=1S/C21H20ClFN2O4/c22-16-5-4-15(7-17(16)23)28-9-14(26)8-20-11-21(12-20,13-20)25-18(27)10-29-19-3-1-2-6-24-19/h1-7H,8-13H2,(H,25,27). The molecular formula is C21H20ClFN2O4. The van der Waals surface area contributed by atoms with Crippen molar-refractivity contribution in [2.75, 3.05) is 13.2 Å². The van der Waals surface area contributed by atoms with Gasteiger partial charge in [-0.1, -0.05) is 17.7 Å². The molecule has 152 valence electrons. The Hall–Kier alpha value is -2.67. The van der Waals surface area contributed by atoms with Crippen LogP contribution in [0.4, 0.5) is 4.39 Å². The van der Waals surface area contributed by atoms with Crippen LogP contribution in [-0.2, 0) is 9.59 Å². The number of ether oxygens (including phenoxy) is 2. The number of carbonyl (C=O) groups excluding carboxylic acids is 2. The molecule has 3 fully saturated rings. The van der Waals surface area contributed by atoms with Crippen molar-refractivity contribution in [1.82, 2.24) is 10.3 Å². The number of benzene rings is 1. The van der Waals surface area contributed by atoms with Gasteiger partial charge in [-0.15, -0.1) is 0 Å². The van der Waals surface area contributed by atoms with E-state index in [4.69, 9.17) is 21.1 Å². The number of nitrogens with one attached hydrogen (secondary N) is 1. The lowest BCUT2D eigenvalue weighted by molar-refractivity contribution is -0.173. The Balaban J connectivity index is 1.17. The zero-order valence-electron chi connectivity index (χ0n) is 15.6. The van der Waals surface area contributed by atoms with E-state index in [9.17, 15) is 14.0 Å². The minimum atomic E-state index is -0.583. The van der Waals surface area contributed by atoms with Crippen LogP contribution in [0.5, 0.6) is 11.6 Å². The SMILES string of the molecule is O=C(COc1ccc(Cl)c(F)c1)CC12CC(NC(=O)COc3ccccn3)(C1)C2. The highest BCUT2D eigenvalue weighted by Crippen LogP contribution is 2.68. The Labute approximate surface area is 172 Å². The number of nitrogens with zero attached hydrogens (tertiary/aromatic N) is 1. The molecule has 0 saturated heterocycles. The second-order valence-electron chi connectivity index (χ2n) is 7.90. The topological polar surface area (TPSA) is 77.5 Å². The molecule has 1 aromatic heterocycles. The molecule has 2 aromatic rings. The second-order valence-corrected chi connectivity index (χ2v) is 8.30. The van der Waals surface area contributed by atoms with Crippen molar-refractivity contribution in [2.45, 2.75) is 31.2 Å². The van der Waals surface area contributed by atoms with Crippen LogP contribution in [0.1, 0.15) is 25.7 Å². The molecule has 0 spiro atoms. The van der Waals surface area contributed by atoms with Crippen molar-refractivity contribution < 1.29 is 23.5 Å². The van der Waals surface area contributed by atoms with E-state index in [2.05, 4.69) is 10.3 Å². The highest BCUT2D eigenvalue weighted by Gasteiger charge is 2.68. The fraction of sp³-hybridized carbons (Fsp3) is 0.381. The maximum absolute atomic E-state index is 13.4. The molecule has 6 nitrogen and oxygen atoms in total. The number of rotatable bonds is 9. The van der Waals surface area contributed by atoms with Crippen LogP contribution in [0.25, 0.3) is 0 Å². The summed E-state index contributed by atoms with van der Waals surface area (Å²) in [6.45, 7) is -0.198. The van der Waals surface area contributed by atoms with Crippen LogP contribution < -0.4 is 14.8 Å². The van der Waals surface area contributed by atoms with E-state index in [1.54, 1.807) is 24.4 Å². The van der Waals surface area contributed by atoms with E-state index in [1.165, 1.54) is 12.1 Å². The number of hydrogen-bond acceptors (Lipinski definition) is 5. The summed E-state index contributed by atoms with van der Waals surface area (Å²) in [4.78, 5) is 28.3. The van der Waals surface area contributed by atoms with Crippen molar-refractivity contribution in [3.05, 3.63) is 53.4 Å². The van der Waals surface area contributed by atoms with Gasteiger partial charge in [0.15, 0.2) is 12.4 Å². The summed E-state index contributed by atoms with van der Waals surface area (Å²) in [6, 6.07) is 9.33. The molecule has 3 saturated carbocycles. The van der Waals surface area contributed by atoms with Crippen LogP contribution in [0.2, 0.25) is 5.02 Å². The van der Waals surface area contributed by atoms with Gasteiger partial charge in [-0.2, -0.15) is 0 Å². The molecule has 3 aliphatic rings. The van der Waals surface area contributed by atoms with E-state index in [-0.39, 0.29) is 46.6 Å². The third-order valence-electron chi connectivity index (χ3n) is 5.40. The Morgan fingerprint density at radius 2 is 1.93 bits per heavy atom. The van der Waals surface area contributed by atoms with Gasteiger partial charge < -0.3 is 14.8 Å². The Kier molecular flexibility index (Phi) is 5.17. The van der Waals surface area contributed by atoms with Crippen molar-refractivity contribution in [2.24, 2.45) is 5.41 Å². The van der Waals surface area contributed by atoms with Crippen molar-refractivity contribution in [3.8, 4) is 11.6 Å². The molecule has 5 rings (SSSR count). The first-order valence-corrected chi connectivity index (χ1v) is 9.69. The van der Waals surface area contributed by atoms with E-state index in [0.29, 0.717) is 12.3 Å². The van der Waals surface area contributed by atoms with Crippen molar-refractivity contribution >= 4 is 23.3 Å². The summed E-state index contributed by atoms with van der Waals surface area (Å²) in [5, 5.41) is 3.02. The summed E-state index contributed by atoms with van der Waals surface area (Å²) in [5.74, 6) is -0.139. The zero-order valence-corrected chi connectivity index (χ0v) is 16.4. The molecular weight excluding hydrogens is 399 g/mol. The molecule has 1 amide bonds. The first-order chi connectivity index (χ1) is 13.9. The molecule has 0 aliphatic heterocycles. The number of halogens is 2. The third kappa shape index (κ3) is 4.34. The summed E-state index contributed by atoms with van der Waals surface area (Å²) < 4.78 is 24.1. The zero-order chi connectivity index (χ0) is 20.5. The van der Waals surface area contributed by atoms with Crippen LogP contribution in [-0.4, -0.2) is 35.4 Å². The summed E-state index contributed by atoms with van der Waals surface area (Å²) in [7, 11) is 0. The van der Waals surface area contributed by atoms with Gasteiger partial charge in [-0.05, 0) is 42.9 Å². The maximum Gasteiger partial charge on any atom is 0.258 e. The Bertz CT molecular complexity index is 918. The van der Waals surface area contributed by atoms with Crippen LogP contribution in [0.15, 0.2) is 42.6 Å². The lowest BCUT2D eigenvalue weighted by atomic mass is 9.38. The summed E-state index contributed by atoms with van der Waals surface area (Å²) in [5.41, 5.74) is -0.272. The predicted molar refractivity (Wildman–Crippen MR) is 103 cm³/mol. The number of hydrogen-bond donors (Lipinski definition) is 1. The summed E-state index contributed by atoms with van der Waals surface area (Å²) in [6.07, 6.45) is 4.32. The smallest absolute Gasteiger partial charge is 0.258 e. The number of aromatic nitrogens is 1. The summed E-state index contributed by atoms with van der Waals surface area (Å²) >= 11 is 5.62. The average molecular weight is 419 g/mol. The van der Waals surface area contributed by atoms with Crippen LogP contribution in [0.3, 0.4) is 0 Å². The van der Waals surface area contributed by atoms with Gasteiger partial charge in [-0.3, -0.25) is 9.59 Å². The van der Waals surface area contributed by atoms with E-state index < -0.39 is 5.82 Å². The second kappa shape index (κ2) is 7.63. The molecule has 0 unspecified atom stereocenters. The molecule has 1 N–H and O–H groups in total. The van der Waals surface area contributed by atoms with E-state index >= 15 is 0 Å². The fourth-order valence-corrected chi connectivity index (χ4v) is 4.54. The molecule has 8 heteroatoms. The van der Waals surface area contributed by atoms with Gasteiger partial charge in [-0.25, -0.2) is 9.37 Å². The average Bonchev–Trinajstić information content (AvgIpc) is 2.65. The van der Waals surface area contributed by atoms with Gasteiger partial charge in [0.1, 0.15) is 18.2 Å². The highest BCUT2D eigenvalue weighted by molar-refractivity contribution is 6.30. The molecule has 1 heterocycles. The number of Topliss-reactive ketones (excluding diaryl/α,β-unsaturated/α-hetero) is 1. The molecule has 1 aromatic carbocycles. The van der Waals surface area contributed by atoms with Gasteiger partial charge in [0.25, 0.3) is 5.91 Å². The van der Waals surface area contributed by atoms with Gasteiger partial charge in [0, 0.05) is 30.3 Å². The lowest BCUT2D eigenvalue weighted by Crippen LogP contribution is -2.75. The minimum Gasteiger partial charge on any atom is -0.486 e. The van der Waals surface area contributed by atoms with E-state index in [1.807, 2.05) is 0 Å². The van der Waals surface area contributed by atoms with Crippen molar-refractivity contribution in [3.63, 3.8) is 0 Å². The number of pyridine rings is 1. The first kappa shape index (κ1) is 19.6. The maximum atomic E-state index is 13.4. The lowest BCUT2D eigenvalue weighted by Gasteiger charge is -2.70. The molecule has 0 radical (unpaired) electrons. The van der Waals surface area contributed by atoms with Gasteiger partial charge in [0.05, 0.1) is 5.02 Å². The number of ketones is 1. The Morgan fingerprint density at radius 3 is 2.62 bits per heavy atom. The van der Waals surface area contributed by atoms with Gasteiger partial charge >= 0.3 is 0 Å². The van der Waals surface area contributed by atoms with Crippen molar-refractivity contribution in [1.29, 1.82) is 0 Å². The predicted octanol–water partition coefficient (Wildman–Crippen LogP) is 3.33. The number of amides is 1. The third-order valence-corrected chi connectivity index (χ3v) is 5.70. The fourth-order valence-electron chi connectivity index (χ4n) is 4.42. The highest BCUT2D eigenvalue weighted by atomic mass is 35.5. The van der Waals surface area contributed by atoms with E-state index in [0.717, 1.165) is 25.3 Å². The molecule has 2 bridgehead atoms. The monoisotopic (exact) mass is 418 g/mol.